The van der Waals surface area contributed by atoms with Crippen LogP contribution in [0.1, 0.15) is 17.8 Å². The highest BCUT2D eigenvalue weighted by atomic mass is 16.5. The van der Waals surface area contributed by atoms with Gasteiger partial charge in [0, 0.05) is 32.5 Å². The molecule has 1 saturated heterocycles. The van der Waals surface area contributed by atoms with E-state index in [1.165, 1.54) is 5.56 Å². The molecule has 0 bridgehead atoms. The molecule has 2 aromatic rings. The van der Waals surface area contributed by atoms with Crippen molar-refractivity contribution in [1.82, 2.24) is 14.5 Å². The Kier molecular flexibility index (Phi) is 4.62. The van der Waals surface area contributed by atoms with E-state index in [0.717, 1.165) is 31.1 Å². The Labute approximate surface area is 135 Å². The van der Waals surface area contributed by atoms with Gasteiger partial charge in [-0.05, 0) is 30.7 Å². The Morgan fingerprint density at radius 2 is 2.17 bits per heavy atom. The van der Waals surface area contributed by atoms with Crippen LogP contribution in [-0.4, -0.2) is 38.6 Å². The molecular formula is C17H21N3O3. The van der Waals surface area contributed by atoms with Gasteiger partial charge >= 0.3 is 5.97 Å². The molecule has 0 radical (unpaired) electrons. The second-order valence-corrected chi connectivity index (χ2v) is 5.95. The summed E-state index contributed by atoms with van der Waals surface area (Å²) in [6.45, 7) is 2.69. The predicted octanol–water partition coefficient (Wildman–Crippen LogP) is 1.91. The summed E-state index contributed by atoms with van der Waals surface area (Å²) >= 11 is 0. The van der Waals surface area contributed by atoms with Gasteiger partial charge in [0.2, 0.25) is 0 Å². The van der Waals surface area contributed by atoms with Gasteiger partial charge in [-0.15, -0.1) is 0 Å². The molecule has 0 amide bonds. The van der Waals surface area contributed by atoms with E-state index in [0.29, 0.717) is 13.2 Å². The Bertz CT molecular complexity index is 666. The number of nitrogens with zero attached hydrogens (tertiary/aromatic N) is 3. The summed E-state index contributed by atoms with van der Waals surface area (Å²) in [6, 6.07) is 7.95. The molecule has 1 aromatic heterocycles. The van der Waals surface area contributed by atoms with Gasteiger partial charge in [0.25, 0.3) is 0 Å². The highest BCUT2D eigenvalue weighted by Gasteiger charge is 2.27. The van der Waals surface area contributed by atoms with E-state index in [-0.39, 0.29) is 5.92 Å². The molecule has 122 valence electrons. The van der Waals surface area contributed by atoms with Crippen molar-refractivity contribution in [2.24, 2.45) is 13.0 Å². The third-order valence-electron chi connectivity index (χ3n) is 4.24. The molecule has 1 atom stereocenters. The monoisotopic (exact) mass is 315 g/mol. The molecule has 23 heavy (non-hydrogen) atoms. The number of aliphatic carboxylic acids is 1. The van der Waals surface area contributed by atoms with Crippen molar-refractivity contribution in [3.63, 3.8) is 0 Å². The first kappa shape index (κ1) is 15.6. The molecule has 1 aromatic carbocycles. The summed E-state index contributed by atoms with van der Waals surface area (Å²) in [5.74, 6) is 0.772. The molecular weight excluding hydrogens is 294 g/mol. The van der Waals surface area contributed by atoms with Gasteiger partial charge in [0.1, 0.15) is 18.2 Å². The number of aromatic nitrogens is 2. The fourth-order valence-electron chi connectivity index (χ4n) is 2.81. The molecule has 1 aliphatic heterocycles. The summed E-state index contributed by atoms with van der Waals surface area (Å²) in [5.41, 5.74) is 1.17. The minimum absolute atomic E-state index is 0.226. The second-order valence-electron chi connectivity index (χ2n) is 5.95. The van der Waals surface area contributed by atoms with Crippen molar-refractivity contribution in [3.05, 3.63) is 48.0 Å². The maximum atomic E-state index is 11.0. The number of benzene rings is 1. The van der Waals surface area contributed by atoms with Crippen LogP contribution in [0.15, 0.2) is 36.7 Å². The minimum atomic E-state index is -0.689. The van der Waals surface area contributed by atoms with Crippen LogP contribution in [0.5, 0.6) is 5.75 Å². The highest BCUT2D eigenvalue weighted by Crippen LogP contribution is 2.20. The predicted molar refractivity (Wildman–Crippen MR) is 85.0 cm³/mol. The van der Waals surface area contributed by atoms with Crippen LogP contribution in [0.4, 0.5) is 0 Å². The van der Waals surface area contributed by atoms with E-state index in [1.54, 1.807) is 6.20 Å². The standard InChI is InChI=1S/C17H21N3O3/c1-19-9-7-18-16(19)12-23-15-4-2-13(3-5-15)10-20-8-6-14(11-20)17(21)22/h2-5,7,9,14H,6,8,10-12H2,1H3,(H,21,22). The average molecular weight is 315 g/mol. The van der Waals surface area contributed by atoms with Crippen LogP contribution in [0, 0.1) is 5.92 Å². The quantitative estimate of drug-likeness (QED) is 0.882. The molecule has 2 heterocycles. The van der Waals surface area contributed by atoms with E-state index in [1.807, 2.05) is 42.1 Å². The maximum absolute atomic E-state index is 11.0. The smallest absolute Gasteiger partial charge is 0.307 e. The lowest BCUT2D eigenvalue weighted by Crippen LogP contribution is -2.22. The fraction of sp³-hybridized carbons (Fsp3) is 0.412. The number of imidazole rings is 1. The number of rotatable bonds is 6. The van der Waals surface area contributed by atoms with Gasteiger partial charge in [-0.1, -0.05) is 12.1 Å². The third-order valence-corrected chi connectivity index (χ3v) is 4.24. The molecule has 3 rings (SSSR count). The van der Waals surface area contributed by atoms with Crippen LogP contribution in [-0.2, 0) is 25.0 Å². The van der Waals surface area contributed by atoms with Crippen LogP contribution in [0.3, 0.4) is 0 Å². The van der Waals surface area contributed by atoms with Gasteiger partial charge < -0.3 is 14.4 Å². The largest absolute Gasteiger partial charge is 0.486 e. The first-order chi connectivity index (χ1) is 11.1. The number of carboxylic acid groups (broad SMARTS) is 1. The SMILES string of the molecule is Cn1ccnc1COc1ccc(CN2CCC(C(=O)O)C2)cc1. The molecule has 1 unspecified atom stereocenters. The number of hydrogen-bond donors (Lipinski definition) is 1. The maximum Gasteiger partial charge on any atom is 0.307 e. The molecule has 0 spiro atoms. The van der Waals surface area contributed by atoms with E-state index in [9.17, 15) is 4.79 Å². The molecule has 0 aliphatic carbocycles. The first-order valence-corrected chi connectivity index (χ1v) is 7.75. The summed E-state index contributed by atoms with van der Waals surface area (Å²) in [7, 11) is 1.94. The molecule has 1 aliphatic rings. The van der Waals surface area contributed by atoms with E-state index in [4.69, 9.17) is 9.84 Å². The Balaban J connectivity index is 1.51. The van der Waals surface area contributed by atoms with E-state index < -0.39 is 5.97 Å². The Morgan fingerprint density at radius 1 is 1.39 bits per heavy atom. The van der Waals surface area contributed by atoms with Crippen molar-refractivity contribution in [1.29, 1.82) is 0 Å². The lowest BCUT2D eigenvalue weighted by molar-refractivity contribution is -0.141. The minimum Gasteiger partial charge on any atom is -0.486 e. The number of carboxylic acids is 1. The number of ether oxygens (including phenoxy) is 1. The van der Waals surface area contributed by atoms with Gasteiger partial charge in [0.15, 0.2) is 0 Å². The number of carbonyl (C=O) groups is 1. The fourth-order valence-corrected chi connectivity index (χ4v) is 2.81. The number of aryl methyl sites for hydroxylation is 1. The topological polar surface area (TPSA) is 67.6 Å². The van der Waals surface area contributed by atoms with Gasteiger partial charge in [-0.25, -0.2) is 4.98 Å². The van der Waals surface area contributed by atoms with Crippen LogP contribution in [0.2, 0.25) is 0 Å². The van der Waals surface area contributed by atoms with Crippen molar-refractivity contribution >= 4 is 5.97 Å². The highest BCUT2D eigenvalue weighted by molar-refractivity contribution is 5.70. The van der Waals surface area contributed by atoms with Crippen LogP contribution in [0.25, 0.3) is 0 Å². The summed E-state index contributed by atoms with van der Waals surface area (Å²) in [6.07, 6.45) is 4.38. The normalized spacial score (nSPS) is 18.2. The lowest BCUT2D eigenvalue weighted by Gasteiger charge is -2.15. The number of hydrogen-bond acceptors (Lipinski definition) is 4. The zero-order valence-electron chi connectivity index (χ0n) is 13.2. The van der Waals surface area contributed by atoms with Crippen LogP contribution < -0.4 is 4.74 Å². The van der Waals surface area contributed by atoms with Crippen molar-refractivity contribution in [2.75, 3.05) is 13.1 Å². The summed E-state index contributed by atoms with van der Waals surface area (Å²) in [4.78, 5) is 17.4. The van der Waals surface area contributed by atoms with Gasteiger partial charge in [0.05, 0.1) is 5.92 Å². The molecule has 1 fully saturated rings. The van der Waals surface area contributed by atoms with Crippen molar-refractivity contribution < 1.29 is 14.6 Å². The Morgan fingerprint density at radius 3 is 2.78 bits per heavy atom. The lowest BCUT2D eigenvalue weighted by atomic mass is 10.1. The molecule has 1 N–H and O–H groups in total. The molecule has 0 saturated carbocycles. The Hall–Kier alpha value is -2.34. The molecule has 6 nitrogen and oxygen atoms in total. The van der Waals surface area contributed by atoms with Gasteiger partial charge in [-0.3, -0.25) is 9.69 Å². The van der Waals surface area contributed by atoms with Gasteiger partial charge in [-0.2, -0.15) is 0 Å². The summed E-state index contributed by atoms with van der Waals surface area (Å²) in [5, 5.41) is 9.04. The number of likely N-dealkylation sites (tertiary alicyclic amines) is 1. The molecule has 6 heteroatoms. The van der Waals surface area contributed by atoms with Crippen molar-refractivity contribution in [2.45, 2.75) is 19.6 Å². The van der Waals surface area contributed by atoms with E-state index >= 15 is 0 Å². The van der Waals surface area contributed by atoms with Crippen LogP contribution >= 0.6 is 0 Å². The summed E-state index contributed by atoms with van der Waals surface area (Å²) < 4.78 is 7.66. The average Bonchev–Trinajstić information content (AvgIpc) is 3.16. The van der Waals surface area contributed by atoms with E-state index in [2.05, 4.69) is 9.88 Å². The zero-order chi connectivity index (χ0) is 16.2. The third kappa shape index (κ3) is 3.90. The second kappa shape index (κ2) is 6.83. The van der Waals surface area contributed by atoms with Crippen molar-refractivity contribution in [3.8, 4) is 5.75 Å². The first-order valence-electron chi connectivity index (χ1n) is 7.75. The zero-order valence-corrected chi connectivity index (χ0v) is 13.2.